The molecule has 0 bridgehead atoms. The number of unbranched alkanes of at least 4 members (excludes halogenated alkanes) is 10. The Morgan fingerprint density at radius 3 is 1.19 bits per heavy atom. The van der Waals surface area contributed by atoms with Crippen molar-refractivity contribution in [3.63, 3.8) is 0 Å². The molecule has 0 aliphatic carbocycles. The highest BCUT2D eigenvalue weighted by Gasteiger charge is 2.04. The van der Waals surface area contributed by atoms with Gasteiger partial charge in [-0.2, -0.15) is 0 Å². The molecule has 0 spiro atoms. The van der Waals surface area contributed by atoms with Crippen LogP contribution in [0, 0.1) is 0 Å². The molecule has 0 aromatic heterocycles. The van der Waals surface area contributed by atoms with Crippen LogP contribution in [0.3, 0.4) is 0 Å². The summed E-state index contributed by atoms with van der Waals surface area (Å²) in [5.74, 6) is 0. The summed E-state index contributed by atoms with van der Waals surface area (Å²) in [7, 11) is 0. The lowest BCUT2D eigenvalue weighted by atomic mass is 10.1. The number of rotatable bonds is 16. The van der Waals surface area contributed by atoms with E-state index in [1.54, 1.807) is 0 Å². The summed E-state index contributed by atoms with van der Waals surface area (Å²) < 4.78 is 0. The largest absolute Gasteiger partial charge is 1.00 e. The molecule has 0 unspecified atom stereocenters. The maximum absolute atomic E-state index is 2.32. The van der Waals surface area contributed by atoms with Crippen molar-refractivity contribution >= 4 is 0 Å². The lowest BCUT2D eigenvalue weighted by Gasteiger charge is -2.17. The van der Waals surface area contributed by atoms with Crippen molar-refractivity contribution in [3.8, 4) is 0 Å². The Labute approximate surface area is 141 Å². The second kappa shape index (κ2) is 20.2. The molecule has 0 aromatic carbocycles. The minimum atomic E-state index is 0. The molecule has 130 valence electrons. The van der Waals surface area contributed by atoms with Crippen LogP contribution in [0.15, 0.2) is 0 Å². The Morgan fingerprint density at radius 1 is 0.429 bits per heavy atom. The van der Waals surface area contributed by atoms with E-state index in [4.69, 9.17) is 0 Å². The summed E-state index contributed by atoms with van der Waals surface area (Å²) in [5, 5.41) is 0. The Balaban J connectivity index is 0. The van der Waals surface area contributed by atoms with Crippen molar-refractivity contribution in [1.29, 1.82) is 0 Å². The molecule has 0 saturated carbocycles. The van der Waals surface area contributed by atoms with Gasteiger partial charge in [0.1, 0.15) is 0 Å². The summed E-state index contributed by atoms with van der Waals surface area (Å²) >= 11 is 0. The third-order valence-corrected chi connectivity index (χ3v) is 4.34. The predicted molar refractivity (Wildman–Crippen MR) is 92.6 cm³/mol. The molecule has 0 saturated heterocycles. The van der Waals surface area contributed by atoms with E-state index in [-0.39, 0.29) is 12.4 Å². The Kier molecular flexibility index (Phi) is 22.7. The minimum absolute atomic E-state index is 0. The van der Waals surface area contributed by atoms with Gasteiger partial charge in [-0.3, -0.25) is 0 Å². The van der Waals surface area contributed by atoms with Gasteiger partial charge in [0.05, 0.1) is 19.6 Å². The highest BCUT2D eigenvalue weighted by Crippen LogP contribution is 2.10. The lowest BCUT2D eigenvalue weighted by Crippen LogP contribution is -3.12. The van der Waals surface area contributed by atoms with Crippen LogP contribution in [0.25, 0.3) is 0 Å². The molecular formula is C19H42ClN. The molecule has 0 radical (unpaired) electrons. The second-order valence-electron chi connectivity index (χ2n) is 6.54. The quantitative estimate of drug-likeness (QED) is 0.415. The monoisotopic (exact) mass is 319 g/mol. The number of hydrogen-bond acceptors (Lipinski definition) is 0. The van der Waals surface area contributed by atoms with Gasteiger partial charge in [-0.15, -0.1) is 0 Å². The maximum atomic E-state index is 2.32. The van der Waals surface area contributed by atoms with Crippen LogP contribution in [0.5, 0.6) is 0 Å². The number of hydrogen-bond donors (Lipinski definition) is 1. The van der Waals surface area contributed by atoms with E-state index in [1.165, 1.54) is 103 Å². The van der Waals surface area contributed by atoms with Crippen molar-refractivity contribution in [2.24, 2.45) is 0 Å². The zero-order chi connectivity index (χ0) is 14.9. The van der Waals surface area contributed by atoms with E-state index in [2.05, 4.69) is 20.8 Å². The van der Waals surface area contributed by atoms with Gasteiger partial charge in [0.2, 0.25) is 0 Å². The number of quaternary nitrogens is 1. The first kappa shape index (κ1) is 23.5. The highest BCUT2D eigenvalue weighted by molar-refractivity contribution is 4.47. The van der Waals surface area contributed by atoms with Gasteiger partial charge >= 0.3 is 0 Å². The average Bonchev–Trinajstić information content (AvgIpc) is 2.45. The van der Waals surface area contributed by atoms with Gasteiger partial charge < -0.3 is 17.3 Å². The molecule has 2 heteroatoms. The molecule has 0 aromatic rings. The van der Waals surface area contributed by atoms with Gasteiger partial charge in [0.15, 0.2) is 0 Å². The maximum Gasteiger partial charge on any atom is 0.0770 e. The van der Waals surface area contributed by atoms with Gasteiger partial charge in [-0.05, 0) is 25.7 Å². The van der Waals surface area contributed by atoms with Crippen LogP contribution in [0.1, 0.15) is 104 Å². The summed E-state index contributed by atoms with van der Waals surface area (Å²) in [6.45, 7) is 11.1. The fourth-order valence-corrected chi connectivity index (χ4v) is 3.12. The van der Waals surface area contributed by atoms with Crippen molar-refractivity contribution in [2.45, 2.75) is 104 Å². The normalized spacial score (nSPS) is 10.9. The number of nitrogens with one attached hydrogen (secondary N) is 1. The van der Waals surface area contributed by atoms with Gasteiger partial charge in [-0.1, -0.05) is 78.6 Å². The summed E-state index contributed by atoms with van der Waals surface area (Å²) in [6, 6.07) is 0. The predicted octanol–water partition coefficient (Wildman–Crippen LogP) is 2.01. The molecule has 0 heterocycles. The van der Waals surface area contributed by atoms with E-state index in [1.807, 2.05) is 4.90 Å². The Morgan fingerprint density at radius 2 is 0.810 bits per heavy atom. The third-order valence-electron chi connectivity index (χ3n) is 4.34. The first-order chi connectivity index (χ1) is 9.85. The highest BCUT2D eigenvalue weighted by atomic mass is 35.5. The van der Waals surface area contributed by atoms with Crippen LogP contribution >= 0.6 is 0 Å². The fraction of sp³-hybridized carbons (Fsp3) is 1.00. The minimum Gasteiger partial charge on any atom is -1.00 e. The molecule has 0 aliphatic rings. The Bertz CT molecular complexity index is 167. The third kappa shape index (κ3) is 18.2. The van der Waals surface area contributed by atoms with Gasteiger partial charge in [0.25, 0.3) is 0 Å². The molecule has 21 heavy (non-hydrogen) atoms. The molecule has 0 fully saturated rings. The van der Waals surface area contributed by atoms with E-state index < -0.39 is 0 Å². The average molecular weight is 320 g/mol. The topological polar surface area (TPSA) is 4.44 Å². The summed E-state index contributed by atoms with van der Waals surface area (Å²) in [4.78, 5) is 1.84. The van der Waals surface area contributed by atoms with E-state index in [0.29, 0.717) is 0 Å². The van der Waals surface area contributed by atoms with Crippen LogP contribution in [0.2, 0.25) is 0 Å². The zero-order valence-corrected chi connectivity index (χ0v) is 15.9. The van der Waals surface area contributed by atoms with E-state index >= 15 is 0 Å². The Hall–Kier alpha value is 0.250. The van der Waals surface area contributed by atoms with Gasteiger partial charge in [-0.25, -0.2) is 0 Å². The van der Waals surface area contributed by atoms with Crippen molar-refractivity contribution < 1.29 is 17.3 Å². The van der Waals surface area contributed by atoms with E-state index in [0.717, 1.165) is 0 Å². The first-order valence-electron chi connectivity index (χ1n) is 9.68. The molecule has 0 rings (SSSR count). The van der Waals surface area contributed by atoms with Crippen LogP contribution < -0.4 is 17.3 Å². The zero-order valence-electron chi connectivity index (χ0n) is 15.2. The van der Waals surface area contributed by atoms with Gasteiger partial charge in [0, 0.05) is 0 Å². The SMILES string of the molecule is CCCCCCCCCCCCC[NH+](CCC)CCC.[Cl-]. The van der Waals surface area contributed by atoms with Crippen LogP contribution in [-0.2, 0) is 0 Å². The summed E-state index contributed by atoms with van der Waals surface area (Å²) in [5.41, 5.74) is 0. The van der Waals surface area contributed by atoms with Crippen LogP contribution in [0.4, 0.5) is 0 Å². The smallest absolute Gasteiger partial charge is 0.0770 e. The molecular weight excluding hydrogens is 278 g/mol. The van der Waals surface area contributed by atoms with Crippen molar-refractivity contribution in [1.82, 2.24) is 0 Å². The number of halogens is 1. The molecule has 1 nitrogen and oxygen atoms in total. The van der Waals surface area contributed by atoms with Crippen molar-refractivity contribution in [2.75, 3.05) is 19.6 Å². The molecule has 0 aliphatic heterocycles. The first-order valence-corrected chi connectivity index (χ1v) is 9.68. The summed E-state index contributed by atoms with van der Waals surface area (Å²) in [6.07, 6.45) is 18.7. The van der Waals surface area contributed by atoms with E-state index in [9.17, 15) is 0 Å². The molecule has 0 amide bonds. The fourth-order valence-electron chi connectivity index (χ4n) is 3.12. The standard InChI is InChI=1S/C19H41N.ClH/c1-4-7-8-9-10-11-12-13-14-15-16-19-20(17-5-2)18-6-3;/h4-19H2,1-3H3;1H. The lowest BCUT2D eigenvalue weighted by molar-refractivity contribution is -0.900. The second-order valence-corrected chi connectivity index (χ2v) is 6.54. The molecule has 0 atom stereocenters. The van der Waals surface area contributed by atoms with Crippen molar-refractivity contribution in [3.05, 3.63) is 0 Å². The molecule has 1 N–H and O–H groups in total. The van der Waals surface area contributed by atoms with Crippen LogP contribution in [-0.4, -0.2) is 19.6 Å².